The number of ether oxygens (including phenoxy) is 2. The third-order valence-electron chi connectivity index (χ3n) is 4.29. The average Bonchev–Trinajstić information content (AvgIpc) is 3.39. The van der Waals surface area contributed by atoms with Crippen molar-refractivity contribution in [2.75, 3.05) is 14.2 Å². The van der Waals surface area contributed by atoms with Gasteiger partial charge in [0, 0.05) is 0 Å². The molecule has 6 nitrogen and oxygen atoms in total. The monoisotopic (exact) mass is 607 g/mol. The van der Waals surface area contributed by atoms with Gasteiger partial charge in [0.25, 0.3) is 11.6 Å². The van der Waals surface area contributed by atoms with Crippen LogP contribution in [0.3, 0.4) is 0 Å². The molecule has 0 atom stereocenters. The van der Waals surface area contributed by atoms with Crippen LogP contribution in [-0.4, -0.2) is 38.1 Å². The van der Waals surface area contributed by atoms with Crippen LogP contribution in [0.2, 0.25) is 0 Å². The van der Waals surface area contributed by atoms with E-state index in [0.29, 0.717) is 44.8 Å². The number of allylic oxidation sites excluding steroid dienone is 2. The molecule has 0 spiro atoms. The first kappa shape index (κ1) is 30.5. The Hall–Kier alpha value is -2.75. The number of methoxy groups -OCH3 is 2. The molecule has 37 heavy (non-hydrogen) atoms. The number of halogens is 6. The van der Waals surface area contributed by atoms with Crippen molar-refractivity contribution in [1.29, 1.82) is 0 Å². The van der Waals surface area contributed by atoms with Crippen molar-refractivity contribution >= 4 is 46.5 Å². The molecule has 0 aromatic heterocycles. The number of rotatable bonds is 4. The first-order chi connectivity index (χ1) is 16.8. The van der Waals surface area contributed by atoms with Gasteiger partial charge in [0.2, 0.25) is 0 Å². The van der Waals surface area contributed by atoms with Gasteiger partial charge in [-0.2, -0.15) is 26.3 Å². The summed E-state index contributed by atoms with van der Waals surface area (Å²) in [6.45, 7) is 0. The van der Waals surface area contributed by atoms with Gasteiger partial charge < -0.3 is 20.1 Å². The molecule has 2 aromatic carbocycles. The Morgan fingerprint density at radius 1 is 0.730 bits per heavy atom. The summed E-state index contributed by atoms with van der Waals surface area (Å²) < 4.78 is 82.5. The second kappa shape index (κ2) is 12.2. The molecule has 199 valence electrons. The molecule has 2 aliphatic rings. The molecule has 15 heteroatoms. The normalized spacial score (nSPS) is 15.9. The first-order valence-corrected chi connectivity index (χ1v) is 11.2. The van der Waals surface area contributed by atoms with Crippen molar-refractivity contribution in [3.05, 3.63) is 69.2 Å². The number of nitrogens with zero attached hydrogens (tertiary/aromatic N) is 2. The summed E-state index contributed by atoms with van der Waals surface area (Å²) in [5, 5.41) is 7.92. The summed E-state index contributed by atoms with van der Waals surface area (Å²) in [4.78, 5) is 22.9. The maximum atomic E-state index is 12.1. The largest absolute Gasteiger partial charge is 2.00 e. The number of fused-ring (bicyclic) bond motifs is 2. The number of carbonyl (C=O) groups is 2. The van der Waals surface area contributed by atoms with Crippen LogP contribution in [0.4, 0.5) is 37.7 Å². The molecule has 2 heterocycles. The van der Waals surface area contributed by atoms with Crippen molar-refractivity contribution in [2.24, 2.45) is 0 Å². The van der Waals surface area contributed by atoms with Crippen molar-refractivity contribution in [2.45, 2.75) is 22.1 Å². The second-order valence-corrected chi connectivity index (χ2v) is 8.91. The number of alkyl halides is 6. The summed E-state index contributed by atoms with van der Waals surface area (Å²) in [7, 11) is 2.97. The van der Waals surface area contributed by atoms with E-state index in [4.69, 9.17) is 9.47 Å². The standard InChI is InChI=1S/2C11H8F3NO2S.Co/c1-17-6-2-3-8-7(4-6)15-10(18-8)5-9(16)11(12,13)14;1-17-6-2-3-7-8(4-6)18-10(15-7)5-9(16)11(12,13)14;/h2*2-5H,1H3,(H,15,16);/q;;+2/p-2. The maximum Gasteiger partial charge on any atom is 2.00 e. The van der Waals surface area contributed by atoms with Crippen LogP contribution in [0.5, 0.6) is 11.5 Å². The second-order valence-electron chi connectivity index (χ2n) is 6.78. The van der Waals surface area contributed by atoms with Crippen LogP contribution in [0.15, 0.2) is 68.4 Å². The minimum Gasteiger partial charge on any atom is -0.651 e. The van der Waals surface area contributed by atoms with Crippen LogP contribution in [-0.2, 0) is 26.4 Å². The molecule has 0 saturated heterocycles. The minimum absolute atomic E-state index is 0. The summed E-state index contributed by atoms with van der Waals surface area (Å²) >= 11 is 2.02. The fraction of sp³-hybridized carbons (Fsp3) is 0.182. The van der Waals surface area contributed by atoms with Gasteiger partial charge in [0.15, 0.2) is 0 Å². The Balaban J connectivity index is 0.000000253. The van der Waals surface area contributed by atoms with Crippen molar-refractivity contribution in [1.82, 2.24) is 0 Å². The number of hydrogen-bond donors (Lipinski definition) is 0. The molecule has 0 N–H and O–H groups in total. The Morgan fingerprint density at radius 3 is 1.70 bits per heavy atom. The van der Waals surface area contributed by atoms with E-state index in [1.165, 1.54) is 14.2 Å². The van der Waals surface area contributed by atoms with E-state index in [1.807, 2.05) is 0 Å². The number of hydrogen-bond acceptors (Lipinski definition) is 6. The molecular weight excluding hydrogens is 593 g/mol. The van der Waals surface area contributed by atoms with E-state index in [9.17, 15) is 35.9 Å². The van der Waals surface area contributed by atoms with E-state index in [1.54, 1.807) is 36.4 Å². The van der Waals surface area contributed by atoms with E-state index < -0.39 is 23.9 Å². The van der Waals surface area contributed by atoms with Crippen LogP contribution >= 0.6 is 23.5 Å². The van der Waals surface area contributed by atoms with Gasteiger partial charge in [0.05, 0.1) is 14.2 Å². The van der Waals surface area contributed by atoms with Gasteiger partial charge in [-0.05, 0) is 52.3 Å². The molecule has 0 amide bonds. The Morgan fingerprint density at radius 2 is 1.19 bits per heavy atom. The first-order valence-electron chi connectivity index (χ1n) is 9.61. The molecule has 0 unspecified atom stereocenters. The van der Waals surface area contributed by atoms with Gasteiger partial charge in [-0.15, -0.1) is 34.9 Å². The predicted octanol–water partition coefficient (Wildman–Crippen LogP) is 7.56. The van der Waals surface area contributed by atoms with Gasteiger partial charge in [-0.1, -0.05) is 16.1 Å². The summed E-state index contributed by atoms with van der Waals surface area (Å²) in [6.07, 6.45) is -8.74. The zero-order valence-corrected chi connectivity index (χ0v) is 21.2. The zero-order valence-electron chi connectivity index (χ0n) is 18.6. The molecule has 2 aromatic rings. The van der Waals surface area contributed by atoms with Gasteiger partial charge in [-0.25, -0.2) is 0 Å². The van der Waals surface area contributed by atoms with Gasteiger partial charge >= 0.3 is 29.1 Å². The molecule has 0 aliphatic carbocycles. The van der Waals surface area contributed by atoms with E-state index in [-0.39, 0.29) is 26.8 Å². The summed E-state index contributed by atoms with van der Waals surface area (Å²) in [5.41, 5.74) is 1.03. The molecule has 2 aliphatic heterocycles. The smallest absolute Gasteiger partial charge is 0.651 e. The van der Waals surface area contributed by atoms with Crippen molar-refractivity contribution < 1.29 is 62.2 Å². The van der Waals surface area contributed by atoms with Crippen LogP contribution in [0.1, 0.15) is 0 Å². The predicted molar refractivity (Wildman–Crippen MR) is 122 cm³/mol. The van der Waals surface area contributed by atoms with E-state index in [2.05, 4.69) is 10.6 Å². The molecule has 1 radical (unpaired) electrons. The average molecular weight is 607 g/mol. The van der Waals surface area contributed by atoms with Crippen molar-refractivity contribution in [3.63, 3.8) is 0 Å². The number of thioether (sulfide) groups is 2. The minimum atomic E-state index is -4.87. The van der Waals surface area contributed by atoms with Crippen LogP contribution in [0.25, 0.3) is 10.6 Å². The third kappa shape index (κ3) is 8.11. The van der Waals surface area contributed by atoms with E-state index >= 15 is 0 Å². The molecule has 0 bridgehead atoms. The molecular formula is C22H14CoF6N2O4S2. The topological polar surface area (TPSA) is 80.8 Å². The maximum absolute atomic E-state index is 12.1. The SMILES string of the molecule is COc1ccc2c(c1)S/C(=C/C(=O)C(F)(F)F)[N-]2.COc1ccc2c(c1)[N-]/C(=C\C(=O)C(F)(F)F)S2.[Co+2]. The third-order valence-corrected chi connectivity index (χ3v) is 6.24. The Kier molecular flexibility index (Phi) is 10.0. The summed E-state index contributed by atoms with van der Waals surface area (Å²) in [5.74, 6) is -2.68. The fourth-order valence-electron chi connectivity index (χ4n) is 2.61. The van der Waals surface area contributed by atoms with Crippen molar-refractivity contribution in [3.8, 4) is 11.5 Å². The number of carbonyl (C=O) groups excluding carboxylic acids is 2. The number of benzene rings is 2. The summed E-state index contributed by atoms with van der Waals surface area (Å²) in [6, 6.07) is 9.89. The fourth-order valence-corrected chi connectivity index (χ4v) is 4.42. The zero-order chi connectivity index (χ0) is 26.7. The van der Waals surface area contributed by atoms with Crippen LogP contribution < -0.4 is 9.47 Å². The quantitative estimate of drug-likeness (QED) is 0.264. The number of ketones is 2. The Bertz CT molecular complexity index is 1150. The Labute approximate surface area is 225 Å². The van der Waals surface area contributed by atoms with Gasteiger partial charge in [0.1, 0.15) is 11.5 Å². The van der Waals surface area contributed by atoms with E-state index in [0.717, 1.165) is 23.5 Å². The van der Waals surface area contributed by atoms with Crippen LogP contribution in [0, 0.1) is 0 Å². The van der Waals surface area contributed by atoms with Gasteiger partial charge in [-0.3, -0.25) is 9.59 Å². The molecule has 0 fully saturated rings. The molecule has 4 rings (SSSR count). The molecule has 0 saturated carbocycles.